The van der Waals surface area contributed by atoms with Crippen LogP contribution in [-0.4, -0.2) is 35.4 Å². The van der Waals surface area contributed by atoms with Crippen LogP contribution in [0.1, 0.15) is 45.2 Å². The van der Waals surface area contributed by atoms with Gasteiger partial charge in [0.05, 0.1) is 13.5 Å². The molecule has 0 heterocycles. The molecule has 0 unspecified atom stereocenters. The van der Waals surface area contributed by atoms with E-state index in [0.29, 0.717) is 11.4 Å². The first-order chi connectivity index (χ1) is 14.1. The average molecular weight is 431 g/mol. The number of carbonyl (C=O) groups is 2. The topological polar surface area (TPSA) is 58.6 Å². The monoisotopic (exact) mass is 430 g/mol. The molecule has 5 nitrogen and oxygen atoms in total. The highest BCUT2D eigenvalue weighted by atomic mass is 35.5. The van der Waals surface area contributed by atoms with Gasteiger partial charge in [-0.2, -0.15) is 0 Å². The first-order valence-electron chi connectivity index (χ1n) is 10.1. The summed E-state index contributed by atoms with van der Waals surface area (Å²) in [7, 11) is 1.60. The molecule has 0 aliphatic rings. The Hall–Kier alpha value is -2.53. The zero-order chi connectivity index (χ0) is 22.3. The minimum Gasteiger partial charge on any atom is -0.497 e. The largest absolute Gasteiger partial charge is 0.497 e. The van der Waals surface area contributed by atoms with Gasteiger partial charge in [-0.05, 0) is 56.5 Å². The van der Waals surface area contributed by atoms with Crippen molar-refractivity contribution >= 4 is 23.4 Å². The number of nitrogens with one attached hydrogen (secondary N) is 1. The molecular formula is C24H31ClN2O3. The quantitative estimate of drug-likeness (QED) is 0.665. The highest BCUT2D eigenvalue weighted by Crippen LogP contribution is 2.21. The molecule has 0 saturated carbocycles. The molecule has 0 fully saturated rings. The number of amides is 2. The summed E-state index contributed by atoms with van der Waals surface area (Å²) in [5.74, 6) is 0.436. The van der Waals surface area contributed by atoms with E-state index in [9.17, 15) is 9.59 Å². The molecule has 0 radical (unpaired) electrons. The van der Waals surface area contributed by atoms with Crippen molar-refractivity contribution in [3.63, 3.8) is 0 Å². The molecular weight excluding hydrogens is 400 g/mol. The number of methoxy groups -OCH3 is 1. The van der Waals surface area contributed by atoms with Gasteiger partial charge in [-0.3, -0.25) is 9.59 Å². The molecule has 162 valence electrons. The van der Waals surface area contributed by atoms with Crippen LogP contribution in [-0.2, 0) is 22.6 Å². The van der Waals surface area contributed by atoms with E-state index in [1.165, 1.54) is 0 Å². The molecule has 2 aromatic carbocycles. The van der Waals surface area contributed by atoms with Crippen LogP contribution in [0.5, 0.6) is 5.75 Å². The van der Waals surface area contributed by atoms with Gasteiger partial charge in [0, 0.05) is 17.1 Å². The van der Waals surface area contributed by atoms with Crippen LogP contribution in [0.15, 0.2) is 48.5 Å². The highest BCUT2D eigenvalue weighted by molar-refractivity contribution is 6.31. The molecule has 30 heavy (non-hydrogen) atoms. The summed E-state index contributed by atoms with van der Waals surface area (Å²) < 4.78 is 5.18. The number of benzene rings is 2. The molecule has 6 heteroatoms. The lowest BCUT2D eigenvalue weighted by atomic mass is 10.0. The molecule has 0 aromatic heterocycles. The molecule has 0 aliphatic carbocycles. The third-order valence-corrected chi connectivity index (χ3v) is 5.07. The molecule has 1 N–H and O–H groups in total. The molecule has 2 rings (SSSR count). The van der Waals surface area contributed by atoms with Crippen LogP contribution in [0.2, 0.25) is 5.02 Å². The standard InChI is InChI=1S/C24H31ClN2O3/c1-6-21(23(29)26-24(2,3)4)27(16-18-9-7-8-10-20(18)25)22(28)15-17-11-13-19(30-5)14-12-17/h7-14,21H,6,15-16H2,1-5H3,(H,26,29)/t21-/m1/s1. The normalized spacial score (nSPS) is 12.2. The highest BCUT2D eigenvalue weighted by Gasteiger charge is 2.31. The summed E-state index contributed by atoms with van der Waals surface area (Å²) >= 11 is 6.35. The van der Waals surface area contributed by atoms with Crippen LogP contribution in [0.3, 0.4) is 0 Å². The predicted molar refractivity (Wildman–Crippen MR) is 121 cm³/mol. The minimum atomic E-state index is -0.591. The van der Waals surface area contributed by atoms with Crippen molar-refractivity contribution in [2.45, 2.75) is 58.7 Å². The Bertz CT molecular complexity index is 859. The van der Waals surface area contributed by atoms with Gasteiger partial charge in [-0.15, -0.1) is 0 Å². The number of hydrogen-bond acceptors (Lipinski definition) is 3. The molecule has 0 bridgehead atoms. The van der Waals surface area contributed by atoms with Gasteiger partial charge in [-0.25, -0.2) is 0 Å². The Kier molecular flexibility index (Phi) is 8.30. The second kappa shape index (κ2) is 10.5. The lowest BCUT2D eigenvalue weighted by Gasteiger charge is -2.33. The van der Waals surface area contributed by atoms with Crippen molar-refractivity contribution < 1.29 is 14.3 Å². The molecule has 0 aliphatic heterocycles. The number of carbonyl (C=O) groups excluding carboxylic acids is 2. The second-order valence-corrected chi connectivity index (χ2v) is 8.71. The SMILES string of the molecule is CC[C@H](C(=O)NC(C)(C)C)N(Cc1ccccc1Cl)C(=O)Cc1ccc(OC)cc1. The summed E-state index contributed by atoms with van der Waals surface area (Å²) in [6, 6.07) is 14.2. The Morgan fingerprint density at radius 2 is 1.73 bits per heavy atom. The van der Waals surface area contributed by atoms with E-state index in [2.05, 4.69) is 5.32 Å². The van der Waals surface area contributed by atoms with Crippen molar-refractivity contribution in [2.24, 2.45) is 0 Å². The number of halogens is 1. The van der Waals surface area contributed by atoms with E-state index in [0.717, 1.165) is 16.9 Å². The van der Waals surface area contributed by atoms with Gasteiger partial charge >= 0.3 is 0 Å². The summed E-state index contributed by atoms with van der Waals surface area (Å²) in [6.45, 7) is 7.96. The van der Waals surface area contributed by atoms with Crippen molar-refractivity contribution in [2.75, 3.05) is 7.11 Å². The maximum Gasteiger partial charge on any atom is 0.243 e. The molecule has 2 aromatic rings. The van der Waals surface area contributed by atoms with Crippen LogP contribution >= 0.6 is 11.6 Å². The van der Waals surface area contributed by atoms with E-state index in [1.54, 1.807) is 18.1 Å². The Balaban J connectivity index is 2.31. The smallest absolute Gasteiger partial charge is 0.243 e. The maximum atomic E-state index is 13.3. The fourth-order valence-electron chi connectivity index (χ4n) is 3.20. The van der Waals surface area contributed by atoms with E-state index in [-0.39, 0.29) is 30.3 Å². The maximum absolute atomic E-state index is 13.3. The predicted octanol–water partition coefficient (Wildman–Crippen LogP) is 4.61. The average Bonchev–Trinajstić information content (AvgIpc) is 2.68. The first-order valence-corrected chi connectivity index (χ1v) is 10.5. The van der Waals surface area contributed by atoms with Crippen LogP contribution in [0.25, 0.3) is 0 Å². The number of hydrogen-bond donors (Lipinski definition) is 1. The Labute approximate surface area is 184 Å². The van der Waals surface area contributed by atoms with E-state index < -0.39 is 6.04 Å². The fourth-order valence-corrected chi connectivity index (χ4v) is 3.40. The number of nitrogens with zero attached hydrogens (tertiary/aromatic N) is 1. The van der Waals surface area contributed by atoms with Crippen molar-refractivity contribution in [1.82, 2.24) is 10.2 Å². The third-order valence-electron chi connectivity index (χ3n) is 4.70. The molecule has 0 spiro atoms. The van der Waals surface area contributed by atoms with Crippen LogP contribution < -0.4 is 10.1 Å². The summed E-state index contributed by atoms with van der Waals surface area (Å²) in [5, 5.41) is 3.58. The van der Waals surface area contributed by atoms with Gasteiger partial charge < -0.3 is 15.0 Å². The lowest BCUT2D eigenvalue weighted by Crippen LogP contribution is -2.53. The van der Waals surface area contributed by atoms with E-state index >= 15 is 0 Å². The van der Waals surface area contributed by atoms with E-state index in [1.807, 2.05) is 70.2 Å². The summed E-state index contributed by atoms with van der Waals surface area (Å²) in [4.78, 5) is 27.9. The summed E-state index contributed by atoms with van der Waals surface area (Å²) in [5.41, 5.74) is 1.28. The zero-order valence-electron chi connectivity index (χ0n) is 18.4. The second-order valence-electron chi connectivity index (χ2n) is 8.30. The van der Waals surface area contributed by atoms with Crippen LogP contribution in [0.4, 0.5) is 0 Å². The minimum absolute atomic E-state index is 0.129. The molecule has 1 atom stereocenters. The van der Waals surface area contributed by atoms with Gasteiger partial charge in [0.15, 0.2) is 0 Å². The van der Waals surface area contributed by atoms with Crippen molar-refractivity contribution in [1.29, 1.82) is 0 Å². The number of rotatable bonds is 8. The first kappa shape index (κ1) is 23.7. The van der Waals surface area contributed by atoms with Gasteiger partial charge in [0.2, 0.25) is 11.8 Å². The lowest BCUT2D eigenvalue weighted by molar-refractivity contribution is -0.141. The van der Waals surface area contributed by atoms with Gasteiger partial charge in [-0.1, -0.05) is 48.9 Å². The van der Waals surface area contributed by atoms with Crippen molar-refractivity contribution in [3.05, 3.63) is 64.7 Å². The zero-order valence-corrected chi connectivity index (χ0v) is 19.1. The van der Waals surface area contributed by atoms with Gasteiger partial charge in [0.1, 0.15) is 11.8 Å². The van der Waals surface area contributed by atoms with Crippen molar-refractivity contribution in [3.8, 4) is 5.75 Å². The number of ether oxygens (including phenoxy) is 1. The third kappa shape index (κ3) is 6.77. The van der Waals surface area contributed by atoms with Gasteiger partial charge in [0.25, 0.3) is 0 Å². The Morgan fingerprint density at radius 3 is 2.27 bits per heavy atom. The summed E-state index contributed by atoms with van der Waals surface area (Å²) in [6.07, 6.45) is 0.689. The molecule has 0 saturated heterocycles. The van der Waals surface area contributed by atoms with E-state index in [4.69, 9.17) is 16.3 Å². The van der Waals surface area contributed by atoms with Crippen LogP contribution in [0, 0.1) is 0 Å². The Morgan fingerprint density at radius 1 is 1.10 bits per heavy atom. The molecule has 2 amide bonds. The fraction of sp³-hybridized carbons (Fsp3) is 0.417.